The summed E-state index contributed by atoms with van der Waals surface area (Å²) in [5, 5.41) is 9.05. The number of benzene rings is 1. The molecule has 14 heavy (non-hydrogen) atoms. The third-order valence-electron chi connectivity index (χ3n) is 1.72. The van der Waals surface area contributed by atoms with E-state index in [2.05, 4.69) is 15.9 Å². The zero-order valence-corrected chi connectivity index (χ0v) is 8.43. The monoisotopic (exact) mass is 269 g/mol. The molecule has 0 aliphatic rings. The van der Waals surface area contributed by atoms with Crippen molar-refractivity contribution in [2.45, 2.75) is 11.9 Å². The molecular formula is C8H7BrF3NO. The van der Waals surface area contributed by atoms with Crippen LogP contribution in [-0.2, 0) is 5.72 Å². The van der Waals surface area contributed by atoms with E-state index < -0.39 is 17.5 Å². The first-order chi connectivity index (χ1) is 6.25. The molecule has 1 unspecified atom stereocenters. The SMILES string of the molecule is NC(O)(c1ccc(Br)cc1)C(F)(F)F. The van der Waals surface area contributed by atoms with E-state index in [0.717, 1.165) is 12.1 Å². The summed E-state index contributed by atoms with van der Waals surface area (Å²) in [5.74, 6) is 0. The lowest BCUT2D eigenvalue weighted by Crippen LogP contribution is -2.50. The van der Waals surface area contributed by atoms with Gasteiger partial charge in [0.15, 0.2) is 0 Å². The van der Waals surface area contributed by atoms with Crippen LogP contribution in [0.5, 0.6) is 0 Å². The Morgan fingerprint density at radius 2 is 1.57 bits per heavy atom. The fourth-order valence-corrected chi connectivity index (χ4v) is 1.13. The number of hydrogen-bond acceptors (Lipinski definition) is 2. The number of aliphatic hydroxyl groups is 1. The van der Waals surface area contributed by atoms with Crippen LogP contribution in [0.1, 0.15) is 5.56 Å². The molecule has 0 radical (unpaired) electrons. The molecule has 6 heteroatoms. The lowest BCUT2D eigenvalue weighted by atomic mass is 10.0. The predicted molar refractivity (Wildman–Crippen MR) is 48.3 cm³/mol. The van der Waals surface area contributed by atoms with Gasteiger partial charge in [0.1, 0.15) is 0 Å². The minimum absolute atomic E-state index is 0.395. The zero-order valence-electron chi connectivity index (χ0n) is 6.85. The van der Waals surface area contributed by atoms with Crippen molar-refractivity contribution in [1.82, 2.24) is 0 Å². The van der Waals surface area contributed by atoms with Crippen molar-refractivity contribution in [3.63, 3.8) is 0 Å². The maximum absolute atomic E-state index is 12.2. The molecule has 0 fully saturated rings. The summed E-state index contributed by atoms with van der Waals surface area (Å²) in [6.07, 6.45) is -4.89. The summed E-state index contributed by atoms with van der Waals surface area (Å²) < 4.78 is 37.3. The van der Waals surface area contributed by atoms with Gasteiger partial charge in [0.25, 0.3) is 0 Å². The summed E-state index contributed by atoms with van der Waals surface area (Å²) >= 11 is 3.06. The first-order valence-electron chi connectivity index (χ1n) is 3.59. The molecule has 0 bridgehead atoms. The lowest BCUT2D eigenvalue weighted by molar-refractivity contribution is -0.264. The van der Waals surface area contributed by atoms with E-state index in [0.29, 0.717) is 4.47 Å². The zero-order chi connectivity index (χ0) is 11.0. The van der Waals surface area contributed by atoms with Crippen LogP contribution in [0, 0.1) is 0 Å². The van der Waals surface area contributed by atoms with Crippen molar-refractivity contribution in [2.24, 2.45) is 5.73 Å². The van der Waals surface area contributed by atoms with Crippen LogP contribution in [0.2, 0.25) is 0 Å². The molecule has 1 rings (SSSR count). The van der Waals surface area contributed by atoms with E-state index in [-0.39, 0.29) is 0 Å². The van der Waals surface area contributed by atoms with Crippen molar-refractivity contribution < 1.29 is 18.3 Å². The molecule has 1 atom stereocenters. The van der Waals surface area contributed by atoms with Crippen LogP contribution in [0.15, 0.2) is 28.7 Å². The summed E-state index contributed by atoms with van der Waals surface area (Å²) in [6, 6.07) is 4.97. The third-order valence-corrected chi connectivity index (χ3v) is 2.25. The van der Waals surface area contributed by atoms with Gasteiger partial charge in [-0.1, -0.05) is 28.1 Å². The second kappa shape index (κ2) is 3.52. The first-order valence-corrected chi connectivity index (χ1v) is 4.38. The Morgan fingerprint density at radius 1 is 1.14 bits per heavy atom. The van der Waals surface area contributed by atoms with Crippen LogP contribution in [0.4, 0.5) is 13.2 Å². The Hall–Kier alpha value is -0.590. The van der Waals surface area contributed by atoms with E-state index in [1.54, 1.807) is 0 Å². The number of nitrogens with two attached hydrogens (primary N) is 1. The minimum Gasteiger partial charge on any atom is -0.364 e. The molecule has 0 saturated heterocycles. The van der Waals surface area contributed by atoms with Crippen LogP contribution >= 0.6 is 15.9 Å². The van der Waals surface area contributed by atoms with Gasteiger partial charge in [-0.3, -0.25) is 5.73 Å². The van der Waals surface area contributed by atoms with Crippen molar-refractivity contribution in [3.8, 4) is 0 Å². The van der Waals surface area contributed by atoms with Gasteiger partial charge < -0.3 is 5.11 Å². The third kappa shape index (κ3) is 2.08. The summed E-state index contributed by atoms with van der Waals surface area (Å²) in [6.45, 7) is 0. The molecule has 0 saturated carbocycles. The van der Waals surface area contributed by atoms with Gasteiger partial charge in [0.2, 0.25) is 5.72 Å². The van der Waals surface area contributed by atoms with Crippen molar-refractivity contribution >= 4 is 15.9 Å². The molecule has 0 amide bonds. The van der Waals surface area contributed by atoms with Gasteiger partial charge in [0, 0.05) is 10.0 Å². The highest BCUT2D eigenvalue weighted by molar-refractivity contribution is 9.10. The molecule has 0 aromatic heterocycles. The highest BCUT2D eigenvalue weighted by atomic mass is 79.9. The van der Waals surface area contributed by atoms with E-state index in [4.69, 9.17) is 10.8 Å². The molecule has 3 N–H and O–H groups in total. The quantitative estimate of drug-likeness (QED) is 0.768. The molecule has 0 heterocycles. The van der Waals surface area contributed by atoms with Gasteiger partial charge >= 0.3 is 6.18 Å². The van der Waals surface area contributed by atoms with Crippen LogP contribution in [-0.4, -0.2) is 11.3 Å². The number of halogens is 4. The van der Waals surface area contributed by atoms with Gasteiger partial charge in [-0.2, -0.15) is 13.2 Å². The van der Waals surface area contributed by atoms with Crippen molar-refractivity contribution in [3.05, 3.63) is 34.3 Å². The van der Waals surface area contributed by atoms with Gasteiger partial charge in [-0.25, -0.2) is 0 Å². The van der Waals surface area contributed by atoms with Crippen molar-refractivity contribution in [2.75, 3.05) is 0 Å². The first kappa shape index (κ1) is 11.5. The van der Waals surface area contributed by atoms with Crippen LogP contribution in [0.25, 0.3) is 0 Å². The molecule has 2 nitrogen and oxygen atoms in total. The number of alkyl halides is 3. The molecule has 78 valence electrons. The average Bonchev–Trinajstić information content (AvgIpc) is 2.03. The van der Waals surface area contributed by atoms with Gasteiger partial charge in [0.05, 0.1) is 0 Å². The summed E-state index contributed by atoms with van der Waals surface area (Å²) in [5.41, 5.74) is 1.09. The summed E-state index contributed by atoms with van der Waals surface area (Å²) in [4.78, 5) is 0. The second-order valence-corrected chi connectivity index (χ2v) is 3.69. The largest absolute Gasteiger partial charge is 0.435 e. The molecule has 1 aromatic rings. The molecule has 0 aliphatic carbocycles. The topological polar surface area (TPSA) is 46.2 Å². The van der Waals surface area contributed by atoms with Gasteiger partial charge in [-0.05, 0) is 12.1 Å². The van der Waals surface area contributed by atoms with E-state index in [1.165, 1.54) is 12.1 Å². The van der Waals surface area contributed by atoms with E-state index in [9.17, 15) is 13.2 Å². The van der Waals surface area contributed by atoms with Crippen LogP contribution in [0.3, 0.4) is 0 Å². The Labute approximate surface area is 86.7 Å². The maximum atomic E-state index is 12.2. The fourth-order valence-electron chi connectivity index (χ4n) is 0.868. The predicted octanol–water partition coefficient (Wildman–Crippen LogP) is 2.12. The highest BCUT2D eigenvalue weighted by Crippen LogP contribution is 2.34. The Bertz CT molecular complexity index is 320. The second-order valence-electron chi connectivity index (χ2n) is 2.77. The minimum atomic E-state index is -4.89. The van der Waals surface area contributed by atoms with Crippen LogP contribution < -0.4 is 5.73 Å². The van der Waals surface area contributed by atoms with E-state index >= 15 is 0 Å². The fraction of sp³-hybridized carbons (Fsp3) is 0.250. The standard InChI is InChI=1S/C8H7BrF3NO/c9-6-3-1-5(2-4-6)7(13,14)8(10,11)12/h1-4,14H,13H2. The van der Waals surface area contributed by atoms with Crippen molar-refractivity contribution in [1.29, 1.82) is 0 Å². The maximum Gasteiger partial charge on any atom is 0.435 e. The Morgan fingerprint density at radius 3 is 1.93 bits per heavy atom. The average molecular weight is 270 g/mol. The summed E-state index contributed by atoms with van der Waals surface area (Å²) in [7, 11) is 0. The smallest absolute Gasteiger partial charge is 0.364 e. The number of rotatable bonds is 1. The molecular weight excluding hydrogens is 263 g/mol. The molecule has 1 aromatic carbocycles. The Balaban J connectivity index is 3.10. The normalized spacial score (nSPS) is 16.4. The Kier molecular flexibility index (Phi) is 2.89. The van der Waals surface area contributed by atoms with E-state index in [1.807, 2.05) is 0 Å². The number of hydrogen-bond donors (Lipinski definition) is 2. The molecule has 0 aliphatic heterocycles. The highest BCUT2D eigenvalue weighted by Gasteiger charge is 2.52. The van der Waals surface area contributed by atoms with Gasteiger partial charge in [-0.15, -0.1) is 0 Å². The lowest BCUT2D eigenvalue weighted by Gasteiger charge is -2.26. The molecule has 0 spiro atoms.